The molecule has 6 heteroatoms. The van der Waals surface area contributed by atoms with Crippen molar-refractivity contribution in [1.82, 2.24) is 0 Å². The summed E-state index contributed by atoms with van der Waals surface area (Å²) >= 11 is 6.18. The number of halogens is 1. The fraction of sp³-hybridized carbons (Fsp3) is 0.167. The largest absolute Gasteiger partial charge is 0.497 e. The van der Waals surface area contributed by atoms with Gasteiger partial charge in [-0.15, -0.1) is 0 Å². The molecule has 2 aromatic carbocycles. The van der Waals surface area contributed by atoms with Gasteiger partial charge in [-0.1, -0.05) is 11.6 Å². The van der Waals surface area contributed by atoms with Crippen LogP contribution in [0.5, 0.6) is 23.0 Å². The average molecular weight is 345 g/mol. The zero-order chi connectivity index (χ0) is 16.7. The second kappa shape index (κ2) is 5.76. The van der Waals surface area contributed by atoms with Gasteiger partial charge in [-0.25, -0.2) is 0 Å². The van der Waals surface area contributed by atoms with E-state index >= 15 is 0 Å². The Morgan fingerprint density at radius 2 is 2.00 bits per heavy atom. The van der Waals surface area contributed by atoms with E-state index in [1.165, 1.54) is 0 Å². The summed E-state index contributed by atoms with van der Waals surface area (Å²) in [4.78, 5) is 12.7. The van der Waals surface area contributed by atoms with E-state index in [0.29, 0.717) is 39.2 Å². The molecule has 0 saturated heterocycles. The fourth-order valence-electron chi connectivity index (χ4n) is 2.71. The molecule has 2 aromatic rings. The summed E-state index contributed by atoms with van der Waals surface area (Å²) in [6.45, 7) is 0.342. The Labute approximate surface area is 143 Å². The molecule has 0 amide bonds. The van der Waals surface area contributed by atoms with Crippen molar-refractivity contribution in [3.8, 4) is 23.0 Å². The van der Waals surface area contributed by atoms with Crippen molar-refractivity contribution in [2.24, 2.45) is 0 Å². The fourth-order valence-corrected chi connectivity index (χ4v) is 2.99. The van der Waals surface area contributed by atoms with Crippen molar-refractivity contribution in [3.63, 3.8) is 0 Å². The van der Waals surface area contributed by atoms with Crippen molar-refractivity contribution in [3.05, 3.63) is 52.1 Å². The van der Waals surface area contributed by atoms with Crippen molar-refractivity contribution in [2.45, 2.75) is 0 Å². The molecule has 24 heavy (non-hydrogen) atoms. The van der Waals surface area contributed by atoms with E-state index in [0.717, 1.165) is 5.56 Å². The van der Waals surface area contributed by atoms with Crippen LogP contribution in [0.1, 0.15) is 15.9 Å². The molecule has 2 heterocycles. The summed E-state index contributed by atoms with van der Waals surface area (Å²) in [7, 11) is 1.56. The van der Waals surface area contributed by atoms with Crippen LogP contribution in [0.2, 0.25) is 5.02 Å². The normalized spacial score (nSPS) is 16.8. The van der Waals surface area contributed by atoms with Crippen molar-refractivity contribution in [2.75, 3.05) is 20.5 Å². The minimum Gasteiger partial charge on any atom is -0.497 e. The highest BCUT2D eigenvalue weighted by molar-refractivity contribution is 6.32. The smallest absolute Gasteiger partial charge is 0.231 e. The highest BCUT2D eigenvalue weighted by Crippen LogP contribution is 2.40. The summed E-state index contributed by atoms with van der Waals surface area (Å²) in [5, 5.41) is 0.447. The molecule has 0 N–H and O–H groups in total. The molecule has 0 saturated carbocycles. The number of ketones is 1. The number of carbonyl (C=O) groups is 1. The van der Waals surface area contributed by atoms with Crippen LogP contribution in [-0.4, -0.2) is 26.3 Å². The van der Waals surface area contributed by atoms with Crippen molar-refractivity contribution in [1.29, 1.82) is 0 Å². The average Bonchev–Trinajstić information content (AvgIpc) is 3.06. The van der Waals surface area contributed by atoms with E-state index in [2.05, 4.69) is 0 Å². The molecule has 0 bridgehead atoms. The molecular weight excluding hydrogens is 332 g/mol. The first-order valence-electron chi connectivity index (χ1n) is 7.31. The topological polar surface area (TPSA) is 54.0 Å². The summed E-state index contributed by atoms with van der Waals surface area (Å²) in [5.41, 5.74) is 1.77. The standard InChI is InChI=1S/C18H13ClO5/c1-21-12-2-3-15-13(7-12)17(20)11(8-22-15)4-10-5-14(19)18-16(6-10)23-9-24-18/h2-7H,8-9H2,1H3/b11-4+. The molecule has 0 unspecified atom stereocenters. The summed E-state index contributed by atoms with van der Waals surface area (Å²) in [6.07, 6.45) is 1.75. The molecule has 2 aliphatic rings. The minimum atomic E-state index is -0.0936. The summed E-state index contributed by atoms with van der Waals surface area (Å²) in [5.74, 6) is 2.17. The number of hydrogen-bond acceptors (Lipinski definition) is 5. The summed E-state index contributed by atoms with van der Waals surface area (Å²) in [6, 6.07) is 8.70. The summed E-state index contributed by atoms with van der Waals surface area (Å²) < 4.78 is 21.5. The molecule has 2 aliphatic heterocycles. The minimum absolute atomic E-state index is 0.0936. The molecule has 0 aliphatic carbocycles. The molecule has 0 aromatic heterocycles. The van der Waals surface area contributed by atoms with E-state index in [1.807, 2.05) is 0 Å². The number of fused-ring (bicyclic) bond motifs is 2. The maximum atomic E-state index is 12.7. The quantitative estimate of drug-likeness (QED) is 0.777. The number of methoxy groups -OCH3 is 1. The highest BCUT2D eigenvalue weighted by atomic mass is 35.5. The third kappa shape index (κ3) is 2.47. The Morgan fingerprint density at radius 1 is 1.12 bits per heavy atom. The Hall–Kier alpha value is -2.66. The lowest BCUT2D eigenvalue weighted by molar-refractivity contribution is 0.100. The van der Waals surface area contributed by atoms with Gasteiger partial charge in [-0.2, -0.15) is 0 Å². The van der Waals surface area contributed by atoms with E-state index < -0.39 is 0 Å². The van der Waals surface area contributed by atoms with Crippen LogP contribution < -0.4 is 18.9 Å². The lowest BCUT2D eigenvalue weighted by Crippen LogP contribution is -2.19. The van der Waals surface area contributed by atoms with Crippen LogP contribution in [0.15, 0.2) is 35.9 Å². The zero-order valence-electron chi connectivity index (χ0n) is 12.8. The van der Waals surface area contributed by atoms with Gasteiger partial charge in [-0.3, -0.25) is 4.79 Å². The van der Waals surface area contributed by atoms with Gasteiger partial charge >= 0.3 is 0 Å². The number of hydrogen-bond donors (Lipinski definition) is 0. The molecule has 0 spiro atoms. The first kappa shape index (κ1) is 14.9. The van der Waals surface area contributed by atoms with Gasteiger partial charge in [0.05, 0.1) is 17.7 Å². The molecule has 122 valence electrons. The zero-order valence-corrected chi connectivity index (χ0v) is 13.6. The molecule has 0 fully saturated rings. The SMILES string of the molecule is COc1ccc2c(c1)C(=O)/C(=C/c1cc(Cl)c3c(c1)OCO3)CO2. The lowest BCUT2D eigenvalue weighted by atomic mass is 9.98. The highest BCUT2D eigenvalue weighted by Gasteiger charge is 2.25. The van der Waals surface area contributed by atoms with Gasteiger partial charge in [0, 0.05) is 5.57 Å². The van der Waals surface area contributed by atoms with Crippen molar-refractivity contribution < 1.29 is 23.7 Å². The van der Waals surface area contributed by atoms with Gasteiger partial charge < -0.3 is 18.9 Å². The number of rotatable bonds is 2. The van der Waals surface area contributed by atoms with Crippen LogP contribution in [-0.2, 0) is 0 Å². The molecule has 0 radical (unpaired) electrons. The maximum absolute atomic E-state index is 12.7. The number of carbonyl (C=O) groups excluding carboxylic acids is 1. The number of ether oxygens (including phenoxy) is 4. The number of benzene rings is 2. The Bertz CT molecular complexity index is 872. The van der Waals surface area contributed by atoms with Crippen molar-refractivity contribution >= 4 is 23.5 Å². The van der Waals surface area contributed by atoms with E-state index in [4.69, 9.17) is 30.5 Å². The first-order valence-corrected chi connectivity index (χ1v) is 7.69. The third-order valence-corrected chi connectivity index (χ3v) is 4.18. The van der Waals surface area contributed by atoms with Crippen LogP contribution in [0, 0.1) is 0 Å². The monoisotopic (exact) mass is 344 g/mol. The Morgan fingerprint density at radius 3 is 2.83 bits per heavy atom. The van der Waals surface area contributed by atoms with Gasteiger partial charge in [0.1, 0.15) is 18.1 Å². The van der Waals surface area contributed by atoms with Crippen LogP contribution in [0.4, 0.5) is 0 Å². The molecule has 5 nitrogen and oxygen atoms in total. The second-order valence-corrected chi connectivity index (χ2v) is 5.79. The van der Waals surface area contributed by atoms with Gasteiger partial charge in [-0.05, 0) is 42.0 Å². The van der Waals surface area contributed by atoms with Crippen LogP contribution >= 0.6 is 11.6 Å². The van der Waals surface area contributed by atoms with E-state index in [1.54, 1.807) is 43.5 Å². The van der Waals surface area contributed by atoms with E-state index in [-0.39, 0.29) is 19.2 Å². The Kier molecular flexibility index (Phi) is 3.58. The predicted octanol–water partition coefficient (Wildman–Crippen LogP) is 3.74. The van der Waals surface area contributed by atoms with Gasteiger partial charge in [0.25, 0.3) is 0 Å². The van der Waals surface area contributed by atoms with Gasteiger partial charge in [0.2, 0.25) is 6.79 Å². The predicted molar refractivity (Wildman–Crippen MR) is 88.4 cm³/mol. The molecular formula is C18H13ClO5. The van der Waals surface area contributed by atoms with E-state index in [9.17, 15) is 4.79 Å². The van der Waals surface area contributed by atoms with Crippen LogP contribution in [0.3, 0.4) is 0 Å². The number of Topliss-reactive ketones (excluding diaryl/α,β-unsaturated/α-hetero) is 1. The molecule has 4 rings (SSSR count). The lowest BCUT2D eigenvalue weighted by Gasteiger charge is -2.19. The second-order valence-electron chi connectivity index (χ2n) is 5.39. The maximum Gasteiger partial charge on any atom is 0.231 e. The Balaban J connectivity index is 1.71. The first-order chi connectivity index (χ1) is 11.7. The van der Waals surface area contributed by atoms with Gasteiger partial charge in [0.15, 0.2) is 17.3 Å². The van der Waals surface area contributed by atoms with Crippen LogP contribution in [0.25, 0.3) is 6.08 Å². The third-order valence-electron chi connectivity index (χ3n) is 3.90. The molecule has 0 atom stereocenters.